The molecule has 0 fully saturated rings. The summed E-state index contributed by atoms with van der Waals surface area (Å²) in [5, 5.41) is 0.895. The summed E-state index contributed by atoms with van der Waals surface area (Å²) in [6.07, 6.45) is 2.45. The van der Waals surface area contributed by atoms with E-state index in [0.717, 1.165) is 5.69 Å². The predicted molar refractivity (Wildman–Crippen MR) is 116 cm³/mol. The molecule has 5 nitrogen and oxygen atoms in total. The number of rotatable bonds is 5. The van der Waals surface area contributed by atoms with Crippen LogP contribution in [-0.4, -0.2) is 33.5 Å². The third kappa shape index (κ3) is 5.58. The van der Waals surface area contributed by atoms with Gasteiger partial charge in [-0.2, -0.15) is 9.97 Å². The molecule has 28 heavy (non-hydrogen) atoms. The number of halogens is 5. The van der Waals surface area contributed by atoms with Gasteiger partial charge in [0.25, 0.3) is 0 Å². The smallest absolute Gasteiger partial charge is 0.250 e. The fourth-order valence-electron chi connectivity index (χ4n) is 2.40. The highest BCUT2D eigenvalue weighted by Gasteiger charge is 2.29. The molecule has 1 aromatic carbocycles. The fourth-order valence-corrected chi connectivity index (χ4v) is 3.18. The number of benzene rings is 1. The van der Waals surface area contributed by atoms with Gasteiger partial charge in [0, 0.05) is 47.5 Å². The highest BCUT2D eigenvalue weighted by molar-refractivity contribution is 6.66. The largest absolute Gasteiger partial charge is 0.343 e. The monoisotopic (exact) mass is 475 g/mol. The van der Waals surface area contributed by atoms with Crippen LogP contribution in [0.3, 0.4) is 0 Å². The van der Waals surface area contributed by atoms with E-state index in [9.17, 15) is 0 Å². The van der Waals surface area contributed by atoms with Gasteiger partial charge in [0.2, 0.25) is 9.74 Å². The molecule has 146 valence electrons. The summed E-state index contributed by atoms with van der Waals surface area (Å²) < 4.78 is -1.81. The minimum Gasteiger partial charge on any atom is -0.343 e. The number of likely N-dealkylation sites (N-methyl/N-ethyl adjacent to an activating group) is 1. The lowest BCUT2D eigenvalue weighted by molar-refractivity contribution is 0.799. The van der Waals surface area contributed by atoms with Crippen molar-refractivity contribution >= 4 is 64.0 Å². The molecule has 2 aromatic heterocycles. The van der Waals surface area contributed by atoms with Gasteiger partial charge in [0.1, 0.15) is 0 Å². The number of pyridine rings is 1. The van der Waals surface area contributed by atoms with Crippen LogP contribution in [0.4, 0.5) is 5.95 Å². The first-order chi connectivity index (χ1) is 13.2. The Balaban J connectivity index is 1.95. The van der Waals surface area contributed by atoms with Gasteiger partial charge in [-0.3, -0.25) is 4.98 Å². The van der Waals surface area contributed by atoms with Crippen LogP contribution in [0, 0.1) is 0 Å². The predicted octanol–water partition coefficient (Wildman–Crippen LogP) is 5.75. The van der Waals surface area contributed by atoms with Crippen molar-refractivity contribution in [2.75, 3.05) is 18.5 Å². The number of hydrogen-bond acceptors (Lipinski definition) is 5. The van der Waals surface area contributed by atoms with Gasteiger partial charge in [0.15, 0.2) is 11.6 Å². The summed E-state index contributed by atoms with van der Waals surface area (Å²) >= 11 is 30.3. The van der Waals surface area contributed by atoms with Crippen LogP contribution in [0.2, 0.25) is 10.0 Å². The maximum Gasteiger partial charge on any atom is 0.250 e. The molecule has 0 spiro atoms. The number of aromatic nitrogens is 4. The Morgan fingerprint density at radius 2 is 1.68 bits per heavy atom. The Labute approximate surface area is 187 Å². The average Bonchev–Trinajstić information content (AvgIpc) is 2.65. The standard InChI is InChI=1S/C18H14Cl5N5/c1-28(7-5-14-4-2-3-6-24-14)17-26-15(25-16(27-17)18(21,22)23)11-8-12(19)10-13(20)9-11/h2-4,6,8-10H,5,7H2,1H3. The zero-order valence-electron chi connectivity index (χ0n) is 14.6. The van der Waals surface area contributed by atoms with Crippen LogP contribution in [-0.2, 0) is 10.2 Å². The lowest BCUT2D eigenvalue weighted by Crippen LogP contribution is -2.25. The average molecular weight is 478 g/mol. The highest BCUT2D eigenvalue weighted by atomic mass is 35.6. The summed E-state index contributed by atoms with van der Waals surface area (Å²) in [6.45, 7) is 0.607. The Bertz CT molecular complexity index is 942. The first-order valence-corrected chi connectivity index (χ1v) is 10.0. The van der Waals surface area contributed by atoms with E-state index in [2.05, 4.69) is 19.9 Å². The first kappa shape index (κ1) is 21.3. The van der Waals surface area contributed by atoms with E-state index in [0.29, 0.717) is 40.3 Å². The molecule has 0 aliphatic rings. The van der Waals surface area contributed by atoms with E-state index in [-0.39, 0.29) is 5.82 Å². The zero-order chi connectivity index (χ0) is 20.3. The fraction of sp³-hybridized carbons (Fsp3) is 0.222. The van der Waals surface area contributed by atoms with E-state index < -0.39 is 3.79 Å². The number of hydrogen-bond donors (Lipinski definition) is 0. The third-order valence-electron chi connectivity index (χ3n) is 3.77. The normalized spacial score (nSPS) is 11.5. The minimum atomic E-state index is -1.81. The molecule has 0 unspecified atom stereocenters. The molecule has 0 amide bonds. The maximum atomic E-state index is 6.10. The Kier molecular flexibility index (Phi) is 6.84. The van der Waals surface area contributed by atoms with Gasteiger partial charge < -0.3 is 4.90 Å². The second-order valence-electron chi connectivity index (χ2n) is 5.93. The van der Waals surface area contributed by atoms with Gasteiger partial charge in [0.05, 0.1) is 0 Å². The van der Waals surface area contributed by atoms with Gasteiger partial charge in [-0.15, -0.1) is 0 Å². The van der Waals surface area contributed by atoms with E-state index in [1.165, 1.54) is 0 Å². The van der Waals surface area contributed by atoms with Crippen molar-refractivity contribution in [2.45, 2.75) is 10.2 Å². The quantitative estimate of drug-likeness (QED) is 0.438. The topological polar surface area (TPSA) is 54.8 Å². The first-order valence-electron chi connectivity index (χ1n) is 8.13. The lowest BCUT2D eigenvalue weighted by atomic mass is 10.2. The Morgan fingerprint density at radius 1 is 0.964 bits per heavy atom. The van der Waals surface area contributed by atoms with Crippen LogP contribution < -0.4 is 4.90 Å². The minimum absolute atomic E-state index is 0.0123. The van der Waals surface area contributed by atoms with E-state index in [1.807, 2.05) is 30.1 Å². The highest BCUT2D eigenvalue weighted by Crippen LogP contribution is 2.37. The summed E-state index contributed by atoms with van der Waals surface area (Å²) in [4.78, 5) is 19.2. The molecule has 0 aliphatic carbocycles. The summed E-state index contributed by atoms with van der Waals surface area (Å²) in [6, 6.07) is 10.7. The summed E-state index contributed by atoms with van der Waals surface area (Å²) in [7, 11) is 1.84. The second kappa shape index (κ2) is 8.97. The Morgan fingerprint density at radius 3 is 2.29 bits per heavy atom. The van der Waals surface area contributed by atoms with Crippen molar-refractivity contribution in [1.82, 2.24) is 19.9 Å². The van der Waals surface area contributed by atoms with E-state index >= 15 is 0 Å². The molecule has 0 saturated carbocycles. The van der Waals surface area contributed by atoms with E-state index in [4.69, 9.17) is 58.0 Å². The van der Waals surface area contributed by atoms with Gasteiger partial charge in [-0.25, -0.2) is 4.98 Å². The SMILES string of the molecule is CN(CCc1ccccn1)c1nc(-c2cc(Cl)cc(Cl)c2)nc(C(Cl)(Cl)Cl)n1. The molecule has 10 heteroatoms. The molecule has 3 rings (SSSR count). The molecule has 0 aliphatic heterocycles. The van der Waals surface area contributed by atoms with Crippen LogP contribution >= 0.6 is 58.0 Å². The molecule has 0 saturated heterocycles. The molecule has 3 aromatic rings. The van der Waals surface area contributed by atoms with Crippen LogP contribution in [0.25, 0.3) is 11.4 Å². The molecular formula is C18H14Cl5N5. The molecule has 0 atom stereocenters. The molecule has 0 N–H and O–H groups in total. The van der Waals surface area contributed by atoms with Crippen LogP contribution in [0.1, 0.15) is 11.5 Å². The number of nitrogens with zero attached hydrogens (tertiary/aromatic N) is 5. The Hall–Kier alpha value is -1.37. The summed E-state index contributed by atoms with van der Waals surface area (Å²) in [5.74, 6) is 0.678. The van der Waals surface area contributed by atoms with Crippen molar-refractivity contribution in [3.8, 4) is 11.4 Å². The number of anilines is 1. The van der Waals surface area contributed by atoms with Crippen molar-refractivity contribution in [3.63, 3.8) is 0 Å². The lowest BCUT2D eigenvalue weighted by Gasteiger charge is -2.19. The van der Waals surface area contributed by atoms with Gasteiger partial charge >= 0.3 is 0 Å². The van der Waals surface area contributed by atoms with Crippen molar-refractivity contribution in [1.29, 1.82) is 0 Å². The van der Waals surface area contributed by atoms with Crippen molar-refractivity contribution in [2.24, 2.45) is 0 Å². The van der Waals surface area contributed by atoms with E-state index in [1.54, 1.807) is 24.4 Å². The maximum absolute atomic E-state index is 6.10. The van der Waals surface area contributed by atoms with Crippen LogP contribution in [0.15, 0.2) is 42.6 Å². The van der Waals surface area contributed by atoms with Gasteiger partial charge in [-0.05, 0) is 30.3 Å². The molecular weight excluding hydrogens is 463 g/mol. The number of alkyl halides is 3. The molecule has 0 radical (unpaired) electrons. The summed E-state index contributed by atoms with van der Waals surface area (Å²) in [5.41, 5.74) is 1.54. The molecule has 0 bridgehead atoms. The van der Waals surface area contributed by atoms with Crippen molar-refractivity contribution < 1.29 is 0 Å². The van der Waals surface area contributed by atoms with Gasteiger partial charge in [-0.1, -0.05) is 64.1 Å². The van der Waals surface area contributed by atoms with Crippen LogP contribution in [0.5, 0.6) is 0 Å². The second-order valence-corrected chi connectivity index (χ2v) is 9.09. The molecule has 2 heterocycles. The zero-order valence-corrected chi connectivity index (χ0v) is 18.4. The third-order valence-corrected chi connectivity index (χ3v) is 4.71. The van der Waals surface area contributed by atoms with Crippen molar-refractivity contribution in [3.05, 3.63) is 64.2 Å².